The number of carbonyl (C=O) groups is 1. The van der Waals surface area contributed by atoms with Gasteiger partial charge < -0.3 is 20.1 Å². The molecular formula is C12H22N4O3. The summed E-state index contributed by atoms with van der Waals surface area (Å²) < 4.78 is 11.7. The Hall–Kier alpha value is -1.60. The van der Waals surface area contributed by atoms with Gasteiger partial charge in [-0.25, -0.2) is 0 Å². The third-order valence-electron chi connectivity index (χ3n) is 2.80. The Labute approximate surface area is 113 Å². The van der Waals surface area contributed by atoms with Crippen molar-refractivity contribution in [3.63, 3.8) is 0 Å². The molecule has 1 heterocycles. The highest BCUT2D eigenvalue weighted by atomic mass is 16.5. The molecule has 19 heavy (non-hydrogen) atoms. The maximum Gasteiger partial charge on any atom is 0.276 e. The minimum atomic E-state index is -0.209. The zero-order valence-electron chi connectivity index (χ0n) is 11.9. The van der Waals surface area contributed by atoms with Gasteiger partial charge in [-0.2, -0.15) is 5.10 Å². The lowest BCUT2D eigenvalue weighted by Crippen LogP contribution is -2.43. The van der Waals surface area contributed by atoms with Crippen LogP contribution in [0.1, 0.15) is 17.4 Å². The molecule has 1 aromatic heterocycles. The molecule has 0 aliphatic heterocycles. The van der Waals surface area contributed by atoms with Crippen LogP contribution in [-0.2, 0) is 16.5 Å². The molecule has 1 rings (SSSR count). The lowest BCUT2D eigenvalue weighted by molar-refractivity contribution is 0.0474. The zero-order valence-corrected chi connectivity index (χ0v) is 11.9. The van der Waals surface area contributed by atoms with Crippen LogP contribution in [0, 0.1) is 0 Å². The van der Waals surface area contributed by atoms with Crippen LogP contribution in [0.4, 0.5) is 5.69 Å². The van der Waals surface area contributed by atoms with Crippen molar-refractivity contribution in [1.82, 2.24) is 14.7 Å². The Morgan fingerprint density at radius 1 is 1.53 bits per heavy atom. The molecule has 7 heteroatoms. The lowest BCUT2D eigenvalue weighted by Gasteiger charge is -2.28. The Bertz CT molecular complexity index is 419. The largest absolute Gasteiger partial charge is 0.396 e. The van der Waals surface area contributed by atoms with E-state index in [0.29, 0.717) is 25.4 Å². The number of rotatable bonds is 7. The molecule has 0 aliphatic carbocycles. The predicted molar refractivity (Wildman–Crippen MR) is 71.9 cm³/mol. The summed E-state index contributed by atoms with van der Waals surface area (Å²) in [5, 5.41) is 4.10. The Morgan fingerprint density at radius 3 is 2.68 bits per heavy atom. The van der Waals surface area contributed by atoms with Gasteiger partial charge in [-0.15, -0.1) is 0 Å². The van der Waals surface area contributed by atoms with Crippen molar-refractivity contribution in [2.24, 2.45) is 7.05 Å². The van der Waals surface area contributed by atoms with Gasteiger partial charge in [0.05, 0.1) is 24.9 Å². The monoisotopic (exact) mass is 270 g/mol. The summed E-state index contributed by atoms with van der Waals surface area (Å²) >= 11 is 0. The molecule has 0 saturated carbocycles. The van der Waals surface area contributed by atoms with Gasteiger partial charge in [-0.3, -0.25) is 9.48 Å². The number of carbonyl (C=O) groups excluding carboxylic acids is 1. The molecule has 7 nitrogen and oxygen atoms in total. The molecule has 108 valence electrons. The van der Waals surface area contributed by atoms with Gasteiger partial charge in [0.15, 0.2) is 5.69 Å². The number of nitrogen functional groups attached to an aromatic ring is 1. The average molecular weight is 270 g/mol. The number of ether oxygens (including phenoxy) is 2. The second kappa shape index (κ2) is 7.10. The maximum atomic E-state index is 12.5. The molecule has 0 fully saturated rings. The molecule has 0 aliphatic rings. The first-order valence-corrected chi connectivity index (χ1v) is 6.09. The SMILES string of the molecule is COCCN(C(=O)c1nn(C)cc1N)C(C)COC. The first-order chi connectivity index (χ1) is 9.01. The number of nitrogens with two attached hydrogens (primary N) is 1. The first kappa shape index (κ1) is 15.5. The summed E-state index contributed by atoms with van der Waals surface area (Å²) in [5.41, 5.74) is 6.43. The molecule has 0 aromatic carbocycles. The smallest absolute Gasteiger partial charge is 0.276 e. The standard InChI is InChI=1S/C12H22N4O3/c1-9(8-19-4)16(5-6-18-3)12(17)11-10(13)7-15(2)14-11/h7,9H,5-6,8,13H2,1-4H3. The van der Waals surface area contributed by atoms with Crippen molar-refractivity contribution in [2.45, 2.75) is 13.0 Å². The highest BCUT2D eigenvalue weighted by molar-refractivity contribution is 5.97. The summed E-state index contributed by atoms with van der Waals surface area (Å²) in [6.07, 6.45) is 1.61. The minimum Gasteiger partial charge on any atom is -0.396 e. The van der Waals surface area contributed by atoms with E-state index in [1.807, 2.05) is 6.92 Å². The van der Waals surface area contributed by atoms with Crippen molar-refractivity contribution in [2.75, 3.05) is 39.7 Å². The molecular weight excluding hydrogens is 248 g/mol. The van der Waals surface area contributed by atoms with Crippen LogP contribution in [-0.4, -0.2) is 60.6 Å². The van der Waals surface area contributed by atoms with Crippen LogP contribution >= 0.6 is 0 Å². The fourth-order valence-corrected chi connectivity index (χ4v) is 1.85. The van der Waals surface area contributed by atoms with Crippen LogP contribution in [0.2, 0.25) is 0 Å². The lowest BCUT2D eigenvalue weighted by atomic mass is 10.2. The maximum absolute atomic E-state index is 12.5. The number of hydrogen-bond acceptors (Lipinski definition) is 5. The van der Waals surface area contributed by atoms with E-state index in [1.54, 1.807) is 32.4 Å². The number of anilines is 1. The summed E-state index contributed by atoms with van der Waals surface area (Å²) in [4.78, 5) is 14.1. The van der Waals surface area contributed by atoms with E-state index in [1.165, 1.54) is 4.68 Å². The van der Waals surface area contributed by atoms with Crippen LogP contribution in [0.15, 0.2) is 6.20 Å². The van der Waals surface area contributed by atoms with Crippen LogP contribution in [0.5, 0.6) is 0 Å². The Kier molecular flexibility index (Phi) is 5.78. The van der Waals surface area contributed by atoms with Gasteiger partial charge in [-0.1, -0.05) is 0 Å². The molecule has 1 atom stereocenters. The first-order valence-electron chi connectivity index (χ1n) is 6.09. The van der Waals surface area contributed by atoms with E-state index in [4.69, 9.17) is 15.2 Å². The highest BCUT2D eigenvalue weighted by Gasteiger charge is 2.25. The summed E-state index contributed by atoms with van der Waals surface area (Å²) in [6.45, 7) is 3.28. The van der Waals surface area contributed by atoms with Crippen molar-refractivity contribution >= 4 is 11.6 Å². The van der Waals surface area contributed by atoms with Gasteiger partial charge in [0, 0.05) is 34.0 Å². The second-order valence-corrected chi connectivity index (χ2v) is 4.40. The van der Waals surface area contributed by atoms with Gasteiger partial charge in [0.1, 0.15) is 0 Å². The van der Waals surface area contributed by atoms with Gasteiger partial charge in [0.25, 0.3) is 5.91 Å². The van der Waals surface area contributed by atoms with Crippen molar-refractivity contribution < 1.29 is 14.3 Å². The Morgan fingerprint density at radius 2 is 2.21 bits per heavy atom. The van der Waals surface area contributed by atoms with Crippen molar-refractivity contribution in [3.05, 3.63) is 11.9 Å². The third-order valence-corrected chi connectivity index (χ3v) is 2.80. The summed E-state index contributed by atoms with van der Waals surface area (Å²) in [6, 6.07) is -0.0749. The van der Waals surface area contributed by atoms with E-state index in [0.717, 1.165) is 0 Å². The van der Waals surface area contributed by atoms with E-state index in [2.05, 4.69) is 5.10 Å². The normalized spacial score (nSPS) is 12.4. The van der Waals surface area contributed by atoms with Crippen molar-refractivity contribution in [1.29, 1.82) is 0 Å². The molecule has 0 radical (unpaired) electrons. The number of aryl methyl sites for hydroxylation is 1. The molecule has 0 spiro atoms. The fourth-order valence-electron chi connectivity index (χ4n) is 1.85. The topological polar surface area (TPSA) is 82.6 Å². The molecule has 0 saturated heterocycles. The van der Waals surface area contributed by atoms with Crippen LogP contribution < -0.4 is 5.73 Å². The van der Waals surface area contributed by atoms with Gasteiger partial charge in [-0.05, 0) is 6.92 Å². The molecule has 0 bridgehead atoms. The van der Waals surface area contributed by atoms with Gasteiger partial charge >= 0.3 is 0 Å². The molecule has 1 amide bonds. The number of methoxy groups -OCH3 is 2. The van der Waals surface area contributed by atoms with Crippen LogP contribution in [0.25, 0.3) is 0 Å². The quantitative estimate of drug-likeness (QED) is 0.761. The summed E-state index contributed by atoms with van der Waals surface area (Å²) in [7, 11) is 4.93. The van der Waals surface area contributed by atoms with E-state index < -0.39 is 0 Å². The number of aromatic nitrogens is 2. The number of nitrogens with zero attached hydrogens (tertiary/aromatic N) is 3. The third kappa shape index (κ3) is 3.93. The Balaban J connectivity index is 2.89. The predicted octanol–water partition coefficient (Wildman–Crippen LogP) is 0.126. The van der Waals surface area contributed by atoms with Gasteiger partial charge in [0.2, 0.25) is 0 Å². The zero-order chi connectivity index (χ0) is 14.4. The number of hydrogen-bond donors (Lipinski definition) is 1. The second-order valence-electron chi connectivity index (χ2n) is 4.40. The van der Waals surface area contributed by atoms with E-state index in [9.17, 15) is 4.79 Å². The number of amides is 1. The fraction of sp³-hybridized carbons (Fsp3) is 0.667. The molecule has 1 aromatic rings. The van der Waals surface area contributed by atoms with E-state index in [-0.39, 0.29) is 17.6 Å². The minimum absolute atomic E-state index is 0.0749. The highest BCUT2D eigenvalue weighted by Crippen LogP contribution is 2.13. The summed E-state index contributed by atoms with van der Waals surface area (Å²) in [5.74, 6) is -0.209. The van der Waals surface area contributed by atoms with Crippen molar-refractivity contribution in [3.8, 4) is 0 Å². The van der Waals surface area contributed by atoms with E-state index >= 15 is 0 Å². The van der Waals surface area contributed by atoms with Crippen LogP contribution in [0.3, 0.4) is 0 Å². The average Bonchev–Trinajstić information content (AvgIpc) is 2.69. The molecule has 1 unspecified atom stereocenters. The molecule has 2 N–H and O–H groups in total.